The third-order valence-electron chi connectivity index (χ3n) is 0.915. The fraction of sp³-hybridized carbons (Fsp3) is 0.667. The summed E-state index contributed by atoms with van der Waals surface area (Å²) in [6, 6.07) is 0. The molecule has 0 aromatic carbocycles. The Morgan fingerprint density at radius 1 is 0.846 bits per heavy atom. The molecule has 0 aliphatic heterocycles. The summed E-state index contributed by atoms with van der Waals surface area (Å²) in [5.74, 6) is 0. The van der Waals surface area contributed by atoms with Crippen molar-refractivity contribution in [3.05, 3.63) is 0 Å². The van der Waals surface area contributed by atoms with Gasteiger partial charge >= 0.3 is 27.3 Å². The van der Waals surface area contributed by atoms with E-state index in [9.17, 15) is 0 Å². The van der Waals surface area contributed by atoms with E-state index in [0.717, 1.165) is 8.64 Å². The van der Waals surface area contributed by atoms with Crippen LogP contribution in [0.4, 0.5) is 0 Å². The van der Waals surface area contributed by atoms with Crippen LogP contribution in [-0.2, 0) is 0 Å². The van der Waals surface area contributed by atoms with E-state index in [1.807, 2.05) is 38.0 Å². The molecule has 0 bridgehead atoms. The number of nitrogens with zero attached hydrogens (tertiary/aromatic N) is 2. The van der Waals surface area contributed by atoms with Crippen molar-refractivity contribution in [2.75, 3.05) is 28.2 Å². The standard InChI is InChI=1S/C6H12N2S4.Pb.2H/c1-7(2)5(9)11-12-6(10)8(3)4;;;/h1-4H3;;;. The minimum atomic E-state index is 0. The van der Waals surface area contributed by atoms with Crippen LogP contribution in [0.1, 0.15) is 0 Å². The van der Waals surface area contributed by atoms with E-state index >= 15 is 0 Å². The van der Waals surface area contributed by atoms with Crippen LogP contribution in [-0.4, -0.2) is 73.9 Å². The van der Waals surface area contributed by atoms with Crippen molar-refractivity contribution in [1.29, 1.82) is 0 Å². The molecule has 0 atom stereocenters. The molecule has 0 unspecified atom stereocenters. The Morgan fingerprint density at radius 3 is 1.23 bits per heavy atom. The molecule has 0 N–H and O–H groups in total. The zero-order valence-corrected chi connectivity index (χ0v) is 17.0. The van der Waals surface area contributed by atoms with E-state index in [1.165, 1.54) is 21.6 Å². The van der Waals surface area contributed by atoms with E-state index in [0.29, 0.717) is 0 Å². The number of thiocarbonyl (C=S) groups is 2. The van der Waals surface area contributed by atoms with Crippen LogP contribution in [0, 0.1) is 0 Å². The quantitative estimate of drug-likeness (QED) is 0.309. The Kier molecular flexibility index (Phi) is 11.2. The van der Waals surface area contributed by atoms with E-state index in [1.54, 1.807) is 0 Å². The van der Waals surface area contributed by atoms with Crippen molar-refractivity contribution < 1.29 is 0 Å². The van der Waals surface area contributed by atoms with Gasteiger partial charge in [-0.3, -0.25) is 0 Å². The van der Waals surface area contributed by atoms with Gasteiger partial charge in [-0.15, -0.1) is 0 Å². The third kappa shape index (κ3) is 8.40. The summed E-state index contributed by atoms with van der Waals surface area (Å²) in [6.07, 6.45) is 0. The van der Waals surface area contributed by atoms with Crippen LogP contribution in [0.5, 0.6) is 0 Å². The van der Waals surface area contributed by atoms with Gasteiger partial charge in [0.2, 0.25) is 0 Å². The van der Waals surface area contributed by atoms with E-state index in [4.69, 9.17) is 24.4 Å². The third-order valence-corrected chi connectivity index (χ3v) is 5.07. The first-order valence-electron chi connectivity index (χ1n) is 3.22. The van der Waals surface area contributed by atoms with Crippen LogP contribution >= 0.6 is 46.0 Å². The van der Waals surface area contributed by atoms with Crippen LogP contribution in [0.3, 0.4) is 0 Å². The molecule has 0 aliphatic rings. The molecular weight excluding hydrogens is 436 g/mol. The molecule has 0 aromatic rings. The van der Waals surface area contributed by atoms with Gasteiger partial charge in [0.25, 0.3) is 0 Å². The Hall–Kier alpha value is 1.40. The first kappa shape index (κ1) is 16.8. The molecule has 0 spiro atoms. The topological polar surface area (TPSA) is 6.48 Å². The molecular formula is C6H14N2PbS4. The van der Waals surface area contributed by atoms with Gasteiger partial charge in [-0.05, 0) is 21.6 Å². The molecule has 0 saturated heterocycles. The molecule has 0 aromatic heterocycles. The SMILES string of the molecule is CN(C)C(=S)SSC(=S)N(C)C.[PbH2]. The van der Waals surface area contributed by atoms with Crippen molar-refractivity contribution in [1.82, 2.24) is 9.80 Å². The van der Waals surface area contributed by atoms with Gasteiger partial charge in [-0.25, -0.2) is 0 Å². The van der Waals surface area contributed by atoms with Gasteiger partial charge in [0.05, 0.1) is 0 Å². The van der Waals surface area contributed by atoms with Gasteiger partial charge in [0.15, 0.2) is 0 Å². The van der Waals surface area contributed by atoms with Gasteiger partial charge < -0.3 is 9.80 Å². The second kappa shape index (κ2) is 8.69. The maximum atomic E-state index is 5.07. The molecule has 0 saturated carbocycles. The van der Waals surface area contributed by atoms with Crippen LogP contribution in [0.25, 0.3) is 0 Å². The van der Waals surface area contributed by atoms with E-state index < -0.39 is 0 Å². The van der Waals surface area contributed by atoms with Crippen molar-refractivity contribution in [2.45, 2.75) is 0 Å². The van der Waals surface area contributed by atoms with Crippen molar-refractivity contribution in [3.8, 4) is 0 Å². The zero-order valence-electron chi connectivity index (χ0n) is 8.23. The number of rotatable bonds is 0. The monoisotopic (exact) mass is 450 g/mol. The molecule has 7 heteroatoms. The zero-order chi connectivity index (χ0) is 9.72. The number of hydrogen-bond acceptors (Lipinski definition) is 4. The Morgan fingerprint density at radius 2 is 1.08 bits per heavy atom. The molecule has 0 rings (SSSR count). The van der Waals surface area contributed by atoms with Crippen molar-refractivity contribution in [3.63, 3.8) is 0 Å². The number of hydrogen-bond donors (Lipinski definition) is 0. The second-order valence-electron chi connectivity index (χ2n) is 2.49. The Bertz CT molecular complexity index is 163. The van der Waals surface area contributed by atoms with Gasteiger partial charge in [0, 0.05) is 28.2 Å². The Labute approximate surface area is 119 Å². The molecule has 76 valence electrons. The van der Waals surface area contributed by atoms with Gasteiger partial charge in [-0.1, -0.05) is 24.4 Å². The predicted octanol–water partition coefficient (Wildman–Crippen LogP) is 1.14. The van der Waals surface area contributed by atoms with E-state index in [-0.39, 0.29) is 27.3 Å². The average Bonchev–Trinajstić information content (AvgIpc) is 1.98. The maximum absolute atomic E-state index is 5.07. The first-order valence-corrected chi connectivity index (χ1v) is 6.19. The fourth-order valence-corrected chi connectivity index (χ4v) is 2.60. The molecule has 0 fully saturated rings. The molecule has 0 amide bonds. The summed E-state index contributed by atoms with van der Waals surface area (Å²) < 4.78 is 1.67. The summed E-state index contributed by atoms with van der Waals surface area (Å²) in [7, 11) is 10.7. The molecule has 0 aliphatic carbocycles. The molecule has 2 nitrogen and oxygen atoms in total. The summed E-state index contributed by atoms with van der Waals surface area (Å²) in [4.78, 5) is 3.79. The Balaban J connectivity index is 0. The fourth-order valence-electron chi connectivity index (χ4n) is 0.220. The van der Waals surface area contributed by atoms with Crippen LogP contribution in [0.2, 0.25) is 0 Å². The average molecular weight is 450 g/mol. The summed E-state index contributed by atoms with van der Waals surface area (Å²) >= 11 is 10.1. The molecule has 13 heavy (non-hydrogen) atoms. The first-order chi connectivity index (χ1) is 5.45. The van der Waals surface area contributed by atoms with Crippen LogP contribution in [0.15, 0.2) is 0 Å². The molecule has 2 radical (unpaired) electrons. The van der Waals surface area contributed by atoms with E-state index in [2.05, 4.69) is 0 Å². The summed E-state index contributed by atoms with van der Waals surface area (Å²) in [5, 5.41) is 0. The predicted molar refractivity (Wildman–Crippen MR) is 76.3 cm³/mol. The summed E-state index contributed by atoms with van der Waals surface area (Å²) in [5.41, 5.74) is 0. The molecule has 0 heterocycles. The van der Waals surface area contributed by atoms with Crippen LogP contribution < -0.4 is 0 Å². The second-order valence-corrected chi connectivity index (χ2v) is 5.88. The van der Waals surface area contributed by atoms with Gasteiger partial charge in [0.1, 0.15) is 8.64 Å². The minimum absolute atomic E-state index is 0. The van der Waals surface area contributed by atoms with Gasteiger partial charge in [-0.2, -0.15) is 0 Å². The normalized spacial score (nSPS) is 8.62. The van der Waals surface area contributed by atoms with Crippen molar-refractivity contribution in [2.24, 2.45) is 0 Å². The summed E-state index contributed by atoms with van der Waals surface area (Å²) in [6.45, 7) is 0. The van der Waals surface area contributed by atoms with Crippen molar-refractivity contribution >= 4 is 82.0 Å².